The van der Waals surface area contributed by atoms with Gasteiger partial charge in [-0.2, -0.15) is 0 Å². The standard InChI is InChI=1S/C16H18N4O3.ClH/c1-11-10-20(7-2-8-23-11)16-18-6-4-13(19-16)14-9-12(15(21)22)3-5-17-14;/h3-6,9,11H,2,7-8,10H2,1H3,(H,21,22);1H. The second-order valence-corrected chi connectivity index (χ2v) is 5.46. The third-order valence-electron chi connectivity index (χ3n) is 3.65. The van der Waals surface area contributed by atoms with Crippen molar-refractivity contribution < 1.29 is 14.6 Å². The Morgan fingerprint density at radius 1 is 1.29 bits per heavy atom. The molecular weight excluding hydrogens is 332 g/mol. The van der Waals surface area contributed by atoms with E-state index >= 15 is 0 Å². The van der Waals surface area contributed by atoms with Gasteiger partial charge in [0.05, 0.1) is 23.1 Å². The lowest BCUT2D eigenvalue weighted by molar-refractivity contribution is 0.0696. The SMILES string of the molecule is CC1CN(c2nccc(-c3cc(C(=O)O)ccn3)n2)CCCO1.Cl. The fourth-order valence-corrected chi connectivity index (χ4v) is 2.52. The molecule has 7 nitrogen and oxygen atoms in total. The van der Waals surface area contributed by atoms with E-state index < -0.39 is 5.97 Å². The predicted molar refractivity (Wildman–Crippen MR) is 91.7 cm³/mol. The number of aromatic carboxylic acids is 1. The number of aromatic nitrogens is 3. The van der Waals surface area contributed by atoms with Crippen molar-refractivity contribution in [1.29, 1.82) is 0 Å². The van der Waals surface area contributed by atoms with Crippen LogP contribution in [0.5, 0.6) is 0 Å². The maximum atomic E-state index is 11.1. The zero-order chi connectivity index (χ0) is 16.2. The van der Waals surface area contributed by atoms with Gasteiger partial charge in [-0.15, -0.1) is 12.4 Å². The molecule has 0 bridgehead atoms. The highest BCUT2D eigenvalue weighted by molar-refractivity contribution is 5.88. The predicted octanol–water partition coefficient (Wildman–Crippen LogP) is 2.27. The summed E-state index contributed by atoms with van der Waals surface area (Å²) in [5, 5.41) is 9.09. The van der Waals surface area contributed by atoms with E-state index in [1.165, 1.54) is 18.3 Å². The summed E-state index contributed by atoms with van der Waals surface area (Å²) in [7, 11) is 0. The molecular formula is C16H19ClN4O3. The molecule has 3 rings (SSSR count). The summed E-state index contributed by atoms with van der Waals surface area (Å²) < 4.78 is 5.64. The monoisotopic (exact) mass is 350 g/mol. The van der Waals surface area contributed by atoms with Gasteiger partial charge in [0.2, 0.25) is 5.95 Å². The fraction of sp³-hybridized carbons (Fsp3) is 0.375. The summed E-state index contributed by atoms with van der Waals surface area (Å²) in [5.74, 6) is -0.371. The molecule has 2 aromatic rings. The van der Waals surface area contributed by atoms with Crippen LogP contribution in [0, 0.1) is 0 Å². The molecule has 1 aliphatic heterocycles. The molecule has 1 N–H and O–H groups in total. The summed E-state index contributed by atoms with van der Waals surface area (Å²) in [6, 6.07) is 4.71. The number of carboxylic acid groups (broad SMARTS) is 1. The van der Waals surface area contributed by atoms with Gasteiger partial charge in [0.15, 0.2) is 0 Å². The topological polar surface area (TPSA) is 88.4 Å². The Balaban J connectivity index is 0.00000208. The number of pyridine rings is 1. The van der Waals surface area contributed by atoms with Crippen LogP contribution in [0.3, 0.4) is 0 Å². The molecule has 1 unspecified atom stereocenters. The Bertz CT molecular complexity index is 713. The van der Waals surface area contributed by atoms with Crippen molar-refractivity contribution in [3.63, 3.8) is 0 Å². The Hall–Kier alpha value is -2.25. The summed E-state index contributed by atoms with van der Waals surface area (Å²) >= 11 is 0. The number of anilines is 1. The minimum atomic E-state index is -0.985. The Kier molecular flexibility index (Phi) is 6.05. The van der Waals surface area contributed by atoms with Crippen LogP contribution in [0.1, 0.15) is 23.7 Å². The maximum absolute atomic E-state index is 11.1. The minimum absolute atomic E-state index is 0. The number of rotatable bonds is 3. The molecule has 24 heavy (non-hydrogen) atoms. The van der Waals surface area contributed by atoms with E-state index in [0.29, 0.717) is 17.3 Å². The van der Waals surface area contributed by atoms with Crippen LogP contribution < -0.4 is 4.90 Å². The zero-order valence-electron chi connectivity index (χ0n) is 13.3. The average molecular weight is 351 g/mol. The lowest BCUT2D eigenvalue weighted by atomic mass is 10.2. The first-order valence-electron chi connectivity index (χ1n) is 7.53. The van der Waals surface area contributed by atoms with Crippen molar-refractivity contribution >= 4 is 24.3 Å². The normalized spacial score (nSPS) is 17.7. The van der Waals surface area contributed by atoms with Crippen molar-refractivity contribution in [2.45, 2.75) is 19.4 Å². The van der Waals surface area contributed by atoms with E-state index in [1.807, 2.05) is 6.92 Å². The molecule has 1 aliphatic rings. The molecule has 0 saturated carbocycles. The van der Waals surface area contributed by atoms with Gasteiger partial charge < -0.3 is 14.7 Å². The van der Waals surface area contributed by atoms with E-state index in [2.05, 4.69) is 19.9 Å². The largest absolute Gasteiger partial charge is 0.478 e. The van der Waals surface area contributed by atoms with Gasteiger partial charge in [-0.05, 0) is 31.5 Å². The van der Waals surface area contributed by atoms with Gasteiger partial charge in [-0.25, -0.2) is 14.8 Å². The van der Waals surface area contributed by atoms with Crippen LogP contribution in [0.25, 0.3) is 11.4 Å². The molecule has 3 heterocycles. The number of nitrogens with zero attached hydrogens (tertiary/aromatic N) is 4. The highest BCUT2D eigenvalue weighted by atomic mass is 35.5. The third kappa shape index (κ3) is 4.18. The van der Waals surface area contributed by atoms with Crippen LogP contribution in [0.15, 0.2) is 30.6 Å². The zero-order valence-corrected chi connectivity index (χ0v) is 14.1. The van der Waals surface area contributed by atoms with E-state index in [4.69, 9.17) is 9.84 Å². The number of hydrogen-bond donors (Lipinski definition) is 1. The molecule has 1 saturated heterocycles. The van der Waals surface area contributed by atoms with Gasteiger partial charge in [-0.1, -0.05) is 0 Å². The Morgan fingerprint density at radius 2 is 2.08 bits per heavy atom. The second-order valence-electron chi connectivity index (χ2n) is 5.46. The number of halogens is 1. The quantitative estimate of drug-likeness (QED) is 0.908. The van der Waals surface area contributed by atoms with Gasteiger partial charge in [-0.3, -0.25) is 4.98 Å². The van der Waals surface area contributed by atoms with Crippen molar-refractivity contribution in [1.82, 2.24) is 15.0 Å². The third-order valence-corrected chi connectivity index (χ3v) is 3.65. The van der Waals surface area contributed by atoms with Crippen LogP contribution in [-0.2, 0) is 4.74 Å². The summed E-state index contributed by atoms with van der Waals surface area (Å²) in [6.45, 7) is 4.32. The Labute approximate surface area is 146 Å². The highest BCUT2D eigenvalue weighted by Gasteiger charge is 2.18. The van der Waals surface area contributed by atoms with Crippen LogP contribution in [0.4, 0.5) is 5.95 Å². The van der Waals surface area contributed by atoms with E-state index in [-0.39, 0.29) is 24.1 Å². The lowest BCUT2D eigenvalue weighted by Gasteiger charge is -2.22. The molecule has 1 atom stereocenters. The molecule has 2 aromatic heterocycles. The van der Waals surface area contributed by atoms with Gasteiger partial charge in [0.1, 0.15) is 0 Å². The summed E-state index contributed by atoms with van der Waals surface area (Å²) in [4.78, 5) is 26.3. The Morgan fingerprint density at radius 3 is 2.88 bits per heavy atom. The van der Waals surface area contributed by atoms with Crippen LogP contribution in [-0.4, -0.2) is 51.8 Å². The number of hydrogen-bond acceptors (Lipinski definition) is 6. The van der Waals surface area contributed by atoms with Gasteiger partial charge in [0, 0.05) is 32.1 Å². The van der Waals surface area contributed by atoms with Crippen molar-refractivity contribution in [3.8, 4) is 11.4 Å². The van der Waals surface area contributed by atoms with Crippen molar-refractivity contribution in [2.24, 2.45) is 0 Å². The fourth-order valence-electron chi connectivity index (χ4n) is 2.52. The van der Waals surface area contributed by atoms with Crippen LogP contribution in [0.2, 0.25) is 0 Å². The second kappa shape index (κ2) is 8.03. The smallest absolute Gasteiger partial charge is 0.335 e. The van der Waals surface area contributed by atoms with Crippen LogP contribution >= 0.6 is 12.4 Å². The van der Waals surface area contributed by atoms with Crippen molar-refractivity contribution in [3.05, 3.63) is 36.2 Å². The molecule has 0 aliphatic carbocycles. The van der Waals surface area contributed by atoms with E-state index in [0.717, 1.165) is 26.1 Å². The number of carbonyl (C=O) groups is 1. The minimum Gasteiger partial charge on any atom is -0.478 e. The molecule has 0 radical (unpaired) electrons. The number of carboxylic acids is 1. The van der Waals surface area contributed by atoms with E-state index in [9.17, 15) is 4.79 Å². The molecule has 0 aromatic carbocycles. The summed E-state index contributed by atoms with van der Waals surface area (Å²) in [6.07, 6.45) is 4.19. The first-order valence-corrected chi connectivity index (χ1v) is 7.53. The molecule has 1 fully saturated rings. The van der Waals surface area contributed by atoms with Gasteiger partial charge >= 0.3 is 5.97 Å². The molecule has 128 valence electrons. The summed E-state index contributed by atoms with van der Waals surface area (Å²) in [5.41, 5.74) is 1.32. The maximum Gasteiger partial charge on any atom is 0.335 e. The molecule has 0 spiro atoms. The van der Waals surface area contributed by atoms with Gasteiger partial charge in [0.25, 0.3) is 0 Å². The number of ether oxygens (including phenoxy) is 1. The first-order chi connectivity index (χ1) is 11.1. The van der Waals surface area contributed by atoms with E-state index in [1.54, 1.807) is 12.3 Å². The molecule has 0 amide bonds. The highest BCUT2D eigenvalue weighted by Crippen LogP contribution is 2.19. The first kappa shape index (κ1) is 18.1. The molecule has 8 heteroatoms. The average Bonchev–Trinajstić information content (AvgIpc) is 2.80. The lowest BCUT2D eigenvalue weighted by Crippen LogP contribution is -2.31. The van der Waals surface area contributed by atoms with Crippen molar-refractivity contribution in [2.75, 3.05) is 24.6 Å².